The van der Waals surface area contributed by atoms with Crippen LogP contribution in [-0.2, 0) is 24.1 Å². The first-order valence-electron chi connectivity index (χ1n) is 11.0. The van der Waals surface area contributed by atoms with E-state index in [4.69, 9.17) is 5.73 Å². The van der Waals surface area contributed by atoms with Crippen molar-refractivity contribution in [3.8, 4) is 5.75 Å². The second-order valence-corrected chi connectivity index (χ2v) is 8.64. The number of ether oxygens (including phenoxy) is 1. The summed E-state index contributed by atoms with van der Waals surface area (Å²) in [5, 5.41) is 22.3. The number of nitrogens with zero attached hydrogens (tertiary/aromatic N) is 4. The second kappa shape index (κ2) is 12.9. The summed E-state index contributed by atoms with van der Waals surface area (Å²) in [6, 6.07) is 8.57. The zero-order chi connectivity index (χ0) is 26.0. The van der Waals surface area contributed by atoms with Crippen LogP contribution in [0.15, 0.2) is 36.4 Å². The predicted octanol–water partition coefficient (Wildman–Crippen LogP) is 2.66. The lowest BCUT2D eigenvalue weighted by atomic mass is 10.1. The monoisotopic (exact) mass is 523 g/mol. The molecular formula is C22H24F3N7O3S. The Balaban J connectivity index is 1.40. The summed E-state index contributed by atoms with van der Waals surface area (Å²) >= 11 is 1.25. The van der Waals surface area contributed by atoms with Crippen molar-refractivity contribution >= 4 is 29.0 Å². The van der Waals surface area contributed by atoms with Gasteiger partial charge in [0.2, 0.25) is 10.9 Å². The first kappa shape index (κ1) is 26.9. The number of carbonyl (C=O) groups is 2. The molecule has 14 heteroatoms. The molecule has 2 aromatic heterocycles. The van der Waals surface area contributed by atoms with Gasteiger partial charge in [0.15, 0.2) is 5.82 Å². The molecule has 36 heavy (non-hydrogen) atoms. The quantitative estimate of drug-likeness (QED) is 0.307. The molecule has 0 aliphatic rings. The smallest absolute Gasteiger partial charge is 0.406 e. The normalized spacial score (nSPS) is 11.2. The average molecular weight is 524 g/mol. The SMILES string of the molecule is NCCNC(=O)c1nnc(CCCCc2ccc(NC(=O)Cc3cccc(OC(F)(F)F)c3)nn2)s1. The summed E-state index contributed by atoms with van der Waals surface area (Å²) in [5.74, 6) is -0.887. The fourth-order valence-electron chi connectivity index (χ4n) is 3.07. The number of anilines is 1. The lowest BCUT2D eigenvalue weighted by Gasteiger charge is -2.10. The van der Waals surface area contributed by atoms with Gasteiger partial charge in [0.05, 0.1) is 12.1 Å². The van der Waals surface area contributed by atoms with Gasteiger partial charge < -0.3 is 21.1 Å². The molecule has 2 heterocycles. The minimum atomic E-state index is -4.80. The maximum atomic E-state index is 12.4. The van der Waals surface area contributed by atoms with Crippen molar-refractivity contribution < 1.29 is 27.5 Å². The van der Waals surface area contributed by atoms with Gasteiger partial charge in [0.1, 0.15) is 10.8 Å². The van der Waals surface area contributed by atoms with E-state index in [1.807, 2.05) is 0 Å². The number of nitrogens with one attached hydrogen (secondary N) is 2. The molecule has 0 unspecified atom stereocenters. The molecular weight excluding hydrogens is 499 g/mol. The Morgan fingerprint density at radius 2 is 1.83 bits per heavy atom. The number of hydrogen-bond donors (Lipinski definition) is 3. The van der Waals surface area contributed by atoms with E-state index >= 15 is 0 Å². The van der Waals surface area contributed by atoms with Crippen LogP contribution < -0.4 is 21.1 Å². The molecule has 0 atom stereocenters. The summed E-state index contributed by atoms with van der Waals surface area (Å²) in [5.41, 5.74) is 6.46. The summed E-state index contributed by atoms with van der Waals surface area (Å²) in [7, 11) is 0. The van der Waals surface area contributed by atoms with Crippen LogP contribution in [0.2, 0.25) is 0 Å². The second-order valence-electron chi connectivity index (χ2n) is 7.58. The van der Waals surface area contributed by atoms with Crippen molar-refractivity contribution in [2.45, 2.75) is 38.5 Å². The third kappa shape index (κ3) is 9.19. The number of amides is 2. The topological polar surface area (TPSA) is 145 Å². The summed E-state index contributed by atoms with van der Waals surface area (Å²) in [4.78, 5) is 24.1. The number of halogens is 3. The van der Waals surface area contributed by atoms with Gasteiger partial charge >= 0.3 is 6.36 Å². The van der Waals surface area contributed by atoms with Crippen LogP contribution >= 0.6 is 11.3 Å². The highest BCUT2D eigenvalue weighted by molar-refractivity contribution is 7.13. The molecule has 3 rings (SSSR count). The van der Waals surface area contributed by atoms with E-state index in [1.54, 1.807) is 12.1 Å². The Hall–Kier alpha value is -3.65. The van der Waals surface area contributed by atoms with Crippen LogP contribution in [-0.4, -0.2) is 51.7 Å². The van der Waals surface area contributed by atoms with Gasteiger partial charge in [0, 0.05) is 19.5 Å². The van der Waals surface area contributed by atoms with Crippen LogP contribution in [0.1, 0.15) is 38.9 Å². The summed E-state index contributed by atoms with van der Waals surface area (Å²) in [6.45, 7) is 0.734. The van der Waals surface area contributed by atoms with Gasteiger partial charge in [-0.2, -0.15) is 5.10 Å². The highest BCUT2D eigenvalue weighted by Crippen LogP contribution is 2.23. The lowest BCUT2D eigenvalue weighted by molar-refractivity contribution is -0.274. The zero-order valence-corrected chi connectivity index (χ0v) is 19.9. The number of aromatic nitrogens is 4. The number of nitrogens with two attached hydrogens (primary N) is 1. The number of alkyl halides is 3. The Kier molecular flexibility index (Phi) is 9.64. The summed E-state index contributed by atoms with van der Waals surface area (Å²) < 4.78 is 40.9. The van der Waals surface area contributed by atoms with E-state index < -0.39 is 18.0 Å². The van der Waals surface area contributed by atoms with Crippen LogP contribution in [0.4, 0.5) is 19.0 Å². The molecule has 10 nitrogen and oxygen atoms in total. The largest absolute Gasteiger partial charge is 0.573 e. The van der Waals surface area contributed by atoms with E-state index in [9.17, 15) is 22.8 Å². The van der Waals surface area contributed by atoms with Gasteiger partial charge in [-0.25, -0.2) is 0 Å². The van der Waals surface area contributed by atoms with Crippen LogP contribution in [0.3, 0.4) is 0 Å². The third-order valence-corrected chi connectivity index (χ3v) is 5.63. The van der Waals surface area contributed by atoms with Crippen LogP contribution in [0, 0.1) is 0 Å². The number of benzene rings is 1. The van der Waals surface area contributed by atoms with E-state index in [2.05, 4.69) is 35.8 Å². The molecule has 192 valence electrons. The van der Waals surface area contributed by atoms with Gasteiger partial charge in [-0.15, -0.1) is 28.5 Å². The Bertz CT molecular complexity index is 1160. The molecule has 3 aromatic rings. The van der Waals surface area contributed by atoms with Crippen LogP contribution in [0.5, 0.6) is 5.75 Å². The van der Waals surface area contributed by atoms with Gasteiger partial charge in [0.25, 0.3) is 5.91 Å². The number of unbranched alkanes of at least 4 members (excludes halogenated alkanes) is 1. The van der Waals surface area contributed by atoms with Crippen molar-refractivity contribution in [3.63, 3.8) is 0 Å². The minimum Gasteiger partial charge on any atom is -0.406 e. The maximum Gasteiger partial charge on any atom is 0.573 e. The van der Waals surface area contributed by atoms with Gasteiger partial charge in [-0.3, -0.25) is 9.59 Å². The molecule has 1 aromatic carbocycles. The Morgan fingerprint density at radius 1 is 1.03 bits per heavy atom. The van der Waals surface area contributed by atoms with Gasteiger partial charge in [-0.1, -0.05) is 23.5 Å². The zero-order valence-electron chi connectivity index (χ0n) is 19.0. The van der Waals surface area contributed by atoms with E-state index in [1.165, 1.54) is 23.5 Å². The summed E-state index contributed by atoms with van der Waals surface area (Å²) in [6.07, 6.45) is -1.99. The highest BCUT2D eigenvalue weighted by atomic mass is 32.1. The molecule has 0 saturated heterocycles. The molecule has 2 amide bonds. The van der Waals surface area contributed by atoms with Gasteiger partial charge in [-0.05, 0) is 49.1 Å². The molecule has 0 fully saturated rings. The molecule has 0 aliphatic carbocycles. The first-order chi connectivity index (χ1) is 17.2. The Labute approximate surface area is 208 Å². The van der Waals surface area contributed by atoms with Crippen molar-refractivity contribution in [1.29, 1.82) is 0 Å². The van der Waals surface area contributed by atoms with Crippen molar-refractivity contribution in [2.75, 3.05) is 18.4 Å². The number of carbonyl (C=O) groups excluding carboxylic acids is 2. The molecule has 0 spiro atoms. The van der Waals surface area contributed by atoms with Crippen molar-refractivity contribution in [2.24, 2.45) is 5.73 Å². The average Bonchev–Trinajstić information content (AvgIpc) is 3.29. The Morgan fingerprint density at radius 3 is 2.56 bits per heavy atom. The number of hydrogen-bond acceptors (Lipinski definition) is 9. The van der Waals surface area contributed by atoms with E-state index in [0.29, 0.717) is 36.5 Å². The number of rotatable bonds is 12. The molecule has 0 bridgehead atoms. The molecule has 0 saturated carbocycles. The number of aryl methyl sites for hydroxylation is 2. The molecule has 0 aliphatic heterocycles. The fourth-order valence-corrected chi connectivity index (χ4v) is 3.87. The van der Waals surface area contributed by atoms with Crippen molar-refractivity contribution in [1.82, 2.24) is 25.7 Å². The van der Waals surface area contributed by atoms with Crippen molar-refractivity contribution in [3.05, 3.63) is 57.7 Å². The maximum absolute atomic E-state index is 12.4. The first-order valence-corrected chi connectivity index (χ1v) is 11.8. The molecule has 0 radical (unpaired) electrons. The van der Waals surface area contributed by atoms with Crippen LogP contribution in [0.25, 0.3) is 0 Å². The fraction of sp³-hybridized carbons (Fsp3) is 0.364. The van der Waals surface area contributed by atoms with E-state index in [-0.39, 0.29) is 18.1 Å². The lowest BCUT2D eigenvalue weighted by Crippen LogP contribution is -2.28. The minimum absolute atomic E-state index is 0.152. The predicted molar refractivity (Wildman–Crippen MR) is 125 cm³/mol. The van der Waals surface area contributed by atoms with E-state index in [0.717, 1.165) is 35.7 Å². The molecule has 4 N–H and O–H groups in total. The standard InChI is InChI=1S/C22H24F3N7O3S/c23-22(24,25)35-16-6-3-4-14(12-16)13-18(33)28-17-9-8-15(29-30-17)5-1-2-7-19-31-32-21(36-19)20(34)27-11-10-26/h3-4,6,8-9,12H,1-2,5,7,10-11,13,26H2,(H,27,34)(H,28,30,33). The third-order valence-electron chi connectivity index (χ3n) is 4.65. The highest BCUT2D eigenvalue weighted by Gasteiger charge is 2.31.